The number of aromatic nitrogens is 4. The first-order valence-electron chi connectivity index (χ1n) is 10.2. The number of hydrogen-bond acceptors (Lipinski definition) is 4. The first kappa shape index (κ1) is 19.0. The summed E-state index contributed by atoms with van der Waals surface area (Å²) < 4.78 is 4.91. The molecule has 0 N–H and O–H groups in total. The van der Waals surface area contributed by atoms with Crippen LogP contribution in [0.1, 0.15) is 37.7 Å². The van der Waals surface area contributed by atoms with E-state index in [-0.39, 0.29) is 0 Å². The SMILES string of the molecule is S=c1n(CN2CCCCCCC2)nc(-c2ccncc2)n1Cc1ccccc1. The second-order valence-corrected chi connectivity index (χ2v) is 7.81. The van der Waals surface area contributed by atoms with Crippen molar-refractivity contribution in [1.82, 2.24) is 24.2 Å². The Kier molecular flexibility index (Phi) is 6.29. The van der Waals surface area contributed by atoms with Gasteiger partial charge >= 0.3 is 0 Å². The van der Waals surface area contributed by atoms with Crippen LogP contribution >= 0.6 is 12.2 Å². The van der Waals surface area contributed by atoms with Crippen LogP contribution in [0.5, 0.6) is 0 Å². The van der Waals surface area contributed by atoms with Crippen molar-refractivity contribution in [3.8, 4) is 11.4 Å². The van der Waals surface area contributed by atoms with Crippen LogP contribution in [0, 0.1) is 4.77 Å². The van der Waals surface area contributed by atoms with Gasteiger partial charge in [-0.1, -0.05) is 49.6 Å². The lowest BCUT2D eigenvalue weighted by Crippen LogP contribution is -2.30. The van der Waals surface area contributed by atoms with Crippen molar-refractivity contribution >= 4 is 12.2 Å². The third-order valence-electron chi connectivity index (χ3n) is 5.33. The fourth-order valence-electron chi connectivity index (χ4n) is 3.80. The summed E-state index contributed by atoms with van der Waals surface area (Å²) >= 11 is 5.86. The normalized spacial score (nSPS) is 15.9. The summed E-state index contributed by atoms with van der Waals surface area (Å²) in [5.74, 6) is 0.906. The Bertz CT molecular complexity index is 925. The van der Waals surface area contributed by atoms with Gasteiger partial charge in [0.2, 0.25) is 0 Å². The monoisotopic (exact) mass is 393 g/mol. The minimum atomic E-state index is 0.720. The molecule has 4 rings (SSSR count). The summed E-state index contributed by atoms with van der Waals surface area (Å²) in [4.78, 5) is 6.64. The molecule has 1 saturated heterocycles. The van der Waals surface area contributed by atoms with E-state index in [1.54, 1.807) is 0 Å². The van der Waals surface area contributed by atoms with Crippen LogP contribution in [0.25, 0.3) is 11.4 Å². The highest BCUT2D eigenvalue weighted by Gasteiger charge is 2.16. The first-order valence-corrected chi connectivity index (χ1v) is 10.6. The van der Waals surface area contributed by atoms with Crippen LogP contribution < -0.4 is 0 Å². The van der Waals surface area contributed by atoms with Crippen molar-refractivity contribution in [2.45, 2.75) is 45.3 Å². The zero-order valence-corrected chi connectivity index (χ0v) is 17.0. The number of pyridine rings is 1. The number of rotatable bonds is 5. The highest BCUT2D eigenvalue weighted by molar-refractivity contribution is 7.71. The molecule has 146 valence electrons. The molecule has 0 saturated carbocycles. The van der Waals surface area contributed by atoms with Crippen LogP contribution in [0.15, 0.2) is 54.9 Å². The molecular weight excluding hydrogens is 366 g/mol. The zero-order valence-electron chi connectivity index (χ0n) is 16.2. The highest BCUT2D eigenvalue weighted by Crippen LogP contribution is 2.20. The molecule has 1 aliphatic heterocycles. The number of likely N-dealkylation sites (tertiary alicyclic amines) is 1. The Labute approximate surface area is 171 Å². The van der Waals surface area contributed by atoms with E-state index in [0.717, 1.165) is 42.5 Å². The molecule has 0 spiro atoms. The van der Waals surface area contributed by atoms with E-state index in [1.807, 2.05) is 35.3 Å². The molecule has 0 atom stereocenters. The Morgan fingerprint density at radius 2 is 1.54 bits per heavy atom. The summed E-state index contributed by atoms with van der Waals surface area (Å²) in [6.07, 6.45) is 10.2. The molecule has 6 heteroatoms. The fourth-order valence-corrected chi connectivity index (χ4v) is 4.05. The lowest BCUT2D eigenvalue weighted by Gasteiger charge is -2.24. The third-order valence-corrected chi connectivity index (χ3v) is 5.76. The van der Waals surface area contributed by atoms with Gasteiger partial charge in [-0.15, -0.1) is 0 Å². The molecule has 3 heterocycles. The predicted octanol–water partition coefficient (Wildman–Crippen LogP) is 4.75. The van der Waals surface area contributed by atoms with E-state index in [9.17, 15) is 0 Å². The molecule has 0 amide bonds. The van der Waals surface area contributed by atoms with E-state index in [0.29, 0.717) is 0 Å². The number of hydrogen-bond donors (Lipinski definition) is 0. The average molecular weight is 394 g/mol. The molecule has 1 aliphatic rings. The van der Waals surface area contributed by atoms with Crippen LogP contribution in [0.2, 0.25) is 0 Å². The summed E-state index contributed by atoms with van der Waals surface area (Å²) in [6.45, 7) is 3.73. The molecular formula is C22H27N5S. The van der Waals surface area contributed by atoms with Gasteiger partial charge in [0, 0.05) is 18.0 Å². The molecule has 0 radical (unpaired) electrons. The molecule has 0 bridgehead atoms. The highest BCUT2D eigenvalue weighted by atomic mass is 32.1. The smallest absolute Gasteiger partial charge is 0.199 e. The second kappa shape index (κ2) is 9.26. The van der Waals surface area contributed by atoms with Crippen molar-refractivity contribution in [1.29, 1.82) is 0 Å². The van der Waals surface area contributed by atoms with Crippen LogP contribution in [0.3, 0.4) is 0 Å². The van der Waals surface area contributed by atoms with Crippen molar-refractivity contribution in [3.05, 3.63) is 65.2 Å². The van der Waals surface area contributed by atoms with Gasteiger partial charge in [0.15, 0.2) is 10.6 Å². The van der Waals surface area contributed by atoms with Crippen LogP contribution in [-0.2, 0) is 13.2 Å². The molecule has 0 aliphatic carbocycles. The zero-order chi connectivity index (χ0) is 19.2. The lowest BCUT2D eigenvalue weighted by atomic mass is 10.1. The molecule has 28 heavy (non-hydrogen) atoms. The van der Waals surface area contributed by atoms with Gasteiger partial charge in [0.1, 0.15) is 0 Å². The second-order valence-electron chi connectivity index (χ2n) is 7.44. The van der Waals surface area contributed by atoms with Gasteiger partial charge in [0.25, 0.3) is 0 Å². The van der Waals surface area contributed by atoms with E-state index in [2.05, 4.69) is 38.7 Å². The first-order chi connectivity index (χ1) is 13.8. The Morgan fingerprint density at radius 1 is 0.857 bits per heavy atom. The maximum Gasteiger partial charge on any atom is 0.199 e. The maximum absolute atomic E-state index is 5.86. The third kappa shape index (κ3) is 4.56. The quantitative estimate of drug-likeness (QED) is 0.587. The molecule has 5 nitrogen and oxygen atoms in total. The molecule has 1 aromatic carbocycles. The van der Waals surface area contributed by atoms with E-state index in [1.165, 1.54) is 37.7 Å². The van der Waals surface area contributed by atoms with Crippen molar-refractivity contribution in [2.75, 3.05) is 13.1 Å². The Balaban J connectivity index is 1.66. The van der Waals surface area contributed by atoms with E-state index >= 15 is 0 Å². The predicted molar refractivity (Wildman–Crippen MR) is 114 cm³/mol. The van der Waals surface area contributed by atoms with Crippen molar-refractivity contribution in [3.63, 3.8) is 0 Å². The molecule has 2 aromatic heterocycles. The summed E-state index contributed by atoms with van der Waals surface area (Å²) in [7, 11) is 0. The standard InChI is InChI=1S/C22H27N5S/c28-22-26(17-19-9-5-4-6-10-19)21(20-11-13-23-14-12-20)24-27(22)18-25-15-7-2-1-3-8-16-25/h4-6,9-14H,1-3,7-8,15-18H2. The molecule has 3 aromatic rings. The minimum absolute atomic E-state index is 0.720. The van der Waals surface area contributed by atoms with Gasteiger partial charge in [-0.05, 0) is 55.8 Å². The van der Waals surface area contributed by atoms with Crippen molar-refractivity contribution in [2.24, 2.45) is 0 Å². The minimum Gasteiger partial charge on any atom is -0.295 e. The van der Waals surface area contributed by atoms with Gasteiger partial charge in [-0.25, -0.2) is 4.68 Å². The van der Waals surface area contributed by atoms with E-state index < -0.39 is 0 Å². The molecule has 0 unspecified atom stereocenters. The van der Waals surface area contributed by atoms with E-state index in [4.69, 9.17) is 17.3 Å². The van der Waals surface area contributed by atoms with Crippen LogP contribution in [-0.4, -0.2) is 37.3 Å². The van der Waals surface area contributed by atoms with Gasteiger partial charge < -0.3 is 0 Å². The van der Waals surface area contributed by atoms with Crippen LogP contribution in [0.4, 0.5) is 0 Å². The largest absolute Gasteiger partial charge is 0.295 e. The topological polar surface area (TPSA) is 38.9 Å². The number of benzene rings is 1. The Hall–Kier alpha value is -2.31. The Morgan fingerprint density at radius 3 is 2.25 bits per heavy atom. The van der Waals surface area contributed by atoms with Gasteiger partial charge in [-0.2, -0.15) is 5.10 Å². The maximum atomic E-state index is 5.86. The lowest BCUT2D eigenvalue weighted by molar-refractivity contribution is 0.188. The average Bonchev–Trinajstić information content (AvgIpc) is 3.01. The summed E-state index contributed by atoms with van der Waals surface area (Å²) in [5, 5.41) is 4.93. The summed E-state index contributed by atoms with van der Waals surface area (Å²) in [6, 6.07) is 14.4. The molecule has 1 fully saturated rings. The van der Waals surface area contributed by atoms with Gasteiger partial charge in [0.05, 0.1) is 13.2 Å². The summed E-state index contributed by atoms with van der Waals surface area (Å²) in [5.41, 5.74) is 2.27. The number of nitrogens with zero attached hydrogens (tertiary/aromatic N) is 5. The van der Waals surface area contributed by atoms with Crippen molar-refractivity contribution < 1.29 is 0 Å². The fraction of sp³-hybridized carbons (Fsp3) is 0.409. The van der Waals surface area contributed by atoms with Gasteiger partial charge in [-0.3, -0.25) is 14.5 Å².